The fourth-order valence-corrected chi connectivity index (χ4v) is 5.33. The van der Waals surface area contributed by atoms with Gasteiger partial charge in [-0.2, -0.15) is 13.2 Å². The van der Waals surface area contributed by atoms with Crippen LogP contribution in [0.3, 0.4) is 0 Å². The summed E-state index contributed by atoms with van der Waals surface area (Å²) in [5.74, 6) is -2.95. The number of hydrogen-bond donors (Lipinski definition) is 2. The number of benzene rings is 1. The maximum Gasteiger partial charge on any atom is 0.417 e. The first-order chi connectivity index (χ1) is 14.7. The second-order valence-corrected chi connectivity index (χ2v) is 8.60. The highest BCUT2D eigenvalue weighted by molar-refractivity contribution is 7.17. The number of fused-ring (bicyclic) bond motifs is 4. The van der Waals surface area contributed by atoms with E-state index in [-0.39, 0.29) is 22.8 Å². The van der Waals surface area contributed by atoms with Crippen LogP contribution in [-0.4, -0.2) is 24.5 Å². The summed E-state index contributed by atoms with van der Waals surface area (Å²) in [5, 5.41) is 5.24. The van der Waals surface area contributed by atoms with Crippen molar-refractivity contribution in [1.82, 2.24) is 5.32 Å². The molecule has 2 amide bonds. The second-order valence-electron chi connectivity index (χ2n) is 7.55. The van der Waals surface area contributed by atoms with Crippen molar-refractivity contribution in [2.24, 2.45) is 0 Å². The van der Waals surface area contributed by atoms with Crippen LogP contribution < -0.4 is 10.6 Å². The topological polar surface area (TPSA) is 67.4 Å². The smallest absolute Gasteiger partial charge is 0.369 e. The second kappa shape index (κ2) is 8.23. The third-order valence-electron chi connectivity index (χ3n) is 5.41. The standard InChI is InChI=1S/C21H20F4N2O3S/c1-2-8-26-18(28)15-11-9-10-6-7-14(30-10)17(11)31-20(15)27-19(29)16-12(21(23,24)25)4-3-5-13(16)22/h3-5,10,14H,2,6-9H2,1H3,(H,26,28)(H,27,29). The number of carbonyl (C=O) groups excluding carboxylic acids is 2. The van der Waals surface area contributed by atoms with Crippen LogP contribution in [-0.2, 0) is 17.3 Å². The molecule has 2 aliphatic rings. The molecule has 2 aliphatic heterocycles. The Morgan fingerprint density at radius 1 is 1.19 bits per heavy atom. The van der Waals surface area contributed by atoms with Gasteiger partial charge in [-0.25, -0.2) is 4.39 Å². The number of amides is 2. The largest absolute Gasteiger partial charge is 0.417 e. The Morgan fingerprint density at radius 3 is 2.68 bits per heavy atom. The van der Waals surface area contributed by atoms with Gasteiger partial charge in [0, 0.05) is 17.8 Å². The van der Waals surface area contributed by atoms with Crippen molar-refractivity contribution < 1.29 is 31.9 Å². The summed E-state index contributed by atoms with van der Waals surface area (Å²) >= 11 is 1.10. The summed E-state index contributed by atoms with van der Waals surface area (Å²) < 4.78 is 60.1. The zero-order valence-electron chi connectivity index (χ0n) is 16.6. The summed E-state index contributed by atoms with van der Waals surface area (Å²) in [5.41, 5.74) is -1.49. The first-order valence-corrected chi connectivity index (χ1v) is 10.8. The van der Waals surface area contributed by atoms with Gasteiger partial charge in [-0.05, 0) is 37.0 Å². The van der Waals surface area contributed by atoms with Crippen molar-refractivity contribution >= 4 is 28.2 Å². The minimum atomic E-state index is -4.90. The fourth-order valence-electron chi connectivity index (χ4n) is 4.03. The zero-order chi connectivity index (χ0) is 22.3. The Balaban J connectivity index is 1.74. The lowest BCUT2D eigenvalue weighted by atomic mass is 10.0. The van der Waals surface area contributed by atoms with E-state index in [9.17, 15) is 27.2 Å². The molecule has 0 saturated carbocycles. The van der Waals surface area contributed by atoms with Gasteiger partial charge in [0.15, 0.2) is 0 Å². The van der Waals surface area contributed by atoms with Crippen molar-refractivity contribution in [3.8, 4) is 0 Å². The maximum absolute atomic E-state index is 14.3. The fraction of sp³-hybridized carbons (Fsp3) is 0.429. The Kier molecular flexibility index (Phi) is 5.78. The molecule has 0 spiro atoms. The van der Waals surface area contributed by atoms with E-state index in [1.165, 1.54) is 0 Å². The molecule has 0 radical (unpaired) electrons. The van der Waals surface area contributed by atoms with Gasteiger partial charge in [-0.15, -0.1) is 11.3 Å². The van der Waals surface area contributed by atoms with Crippen LogP contribution in [0.1, 0.15) is 69.0 Å². The Hall–Kier alpha value is -2.46. The van der Waals surface area contributed by atoms with E-state index in [2.05, 4.69) is 10.6 Å². The van der Waals surface area contributed by atoms with E-state index < -0.39 is 34.9 Å². The van der Waals surface area contributed by atoms with Crippen LogP contribution in [0, 0.1) is 5.82 Å². The summed E-state index contributed by atoms with van der Waals surface area (Å²) in [6.07, 6.45) is -2.34. The summed E-state index contributed by atoms with van der Waals surface area (Å²) in [4.78, 5) is 26.4. The highest BCUT2D eigenvalue weighted by Gasteiger charge is 2.40. The van der Waals surface area contributed by atoms with Crippen molar-refractivity contribution in [2.45, 2.75) is 51.0 Å². The maximum atomic E-state index is 14.3. The van der Waals surface area contributed by atoms with Gasteiger partial charge < -0.3 is 15.4 Å². The van der Waals surface area contributed by atoms with E-state index in [0.29, 0.717) is 25.5 Å². The third-order valence-corrected chi connectivity index (χ3v) is 6.65. The van der Waals surface area contributed by atoms with Crippen LogP contribution in [0.4, 0.5) is 22.6 Å². The SMILES string of the molecule is CCCNC(=O)c1c(NC(=O)c2c(F)cccc2C(F)(F)F)sc2c1CC1CCC2O1. The number of halogens is 4. The lowest BCUT2D eigenvalue weighted by Gasteiger charge is -2.21. The van der Waals surface area contributed by atoms with E-state index in [0.717, 1.165) is 46.8 Å². The first-order valence-electron chi connectivity index (χ1n) is 9.97. The first kappa shape index (κ1) is 21.8. The molecule has 1 aromatic carbocycles. The van der Waals surface area contributed by atoms with Gasteiger partial charge in [0.25, 0.3) is 11.8 Å². The van der Waals surface area contributed by atoms with Crippen LogP contribution in [0.2, 0.25) is 0 Å². The molecule has 1 aromatic heterocycles. The van der Waals surface area contributed by atoms with E-state index in [1.54, 1.807) is 0 Å². The molecule has 2 unspecified atom stereocenters. The molecule has 1 fully saturated rings. The molecule has 4 rings (SSSR count). The molecule has 2 aromatic rings. The molecule has 1 saturated heterocycles. The van der Waals surface area contributed by atoms with Gasteiger partial charge in [0.1, 0.15) is 10.8 Å². The van der Waals surface area contributed by atoms with Crippen molar-refractivity contribution in [1.29, 1.82) is 0 Å². The van der Waals surface area contributed by atoms with Gasteiger partial charge in [0.2, 0.25) is 0 Å². The monoisotopic (exact) mass is 456 g/mol. The molecule has 3 heterocycles. The lowest BCUT2D eigenvalue weighted by molar-refractivity contribution is -0.138. The number of carbonyl (C=O) groups is 2. The number of thiophene rings is 1. The number of ether oxygens (including phenoxy) is 1. The van der Waals surface area contributed by atoms with Crippen molar-refractivity contribution in [3.63, 3.8) is 0 Å². The minimum absolute atomic E-state index is 0.0308. The Morgan fingerprint density at radius 2 is 1.97 bits per heavy atom. The summed E-state index contributed by atoms with van der Waals surface area (Å²) in [6, 6.07) is 2.35. The zero-order valence-corrected chi connectivity index (χ0v) is 17.4. The normalized spacial score (nSPS) is 19.8. The highest BCUT2D eigenvalue weighted by Crippen LogP contribution is 2.49. The van der Waals surface area contributed by atoms with Crippen LogP contribution in [0.25, 0.3) is 0 Å². The van der Waals surface area contributed by atoms with Gasteiger partial charge in [0.05, 0.1) is 28.9 Å². The van der Waals surface area contributed by atoms with Crippen LogP contribution >= 0.6 is 11.3 Å². The molecule has 2 bridgehead atoms. The van der Waals surface area contributed by atoms with Gasteiger partial charge in [-0.1, -0.05) is 13.0 Å². The summed E-state index contributed by atoms with van der Waals surface area (Å²) in [6.45, 7) is 2.29. The summed E-state index contributed by atoms with van der Waals surface area (Å²) in [7, 11) is 0. The molecule has 2 atom stereocenters. The lowest BCUT2D eigenvalue weighted by Crippen LogP contribution is -2.28. The molecule has 2 N–H and O–H groups in total. The predicted molar refractivity (Wildman–Crippen MR) is 107 cm³/mol. The molecule has 5 nitrogen and oxygen atoms in total. The van der Waals surface area contributed by atoms with Gasteiger partial charge >= 0.3 is 6.18 Å². The molecule has 10 heteroatoms. The minimum Gasteiger partial charge on any atom is -0.369 e. The van der Waals surface area contributed by atoms with E-state index in [4.69, 9.17) is 4.74 Å². The molecule has 166 valence electrons. The number of rotatable bonds is 5. The number of nitrogens with one attached hydrogen (secondary N) is 2. The quantitative estimate of drug-likeness (QED) is 0.617. The molecular weight excluding hydrogens is 436 g/mol. The van der Waals surface area contributed by atoms with Crippen LogP contribution in [0.5, 0.6) is 0 Å². The van der Waals surface area contributed by atoms with E-state index in [1.807, 2.05) is 6.92 Å². The molecular formula is C21H20F4N2O3S. The predicted octanol–water partition coefficient (Wildman–Crippen LogP) is 5.07. The Labute approximate surface area is 179 Å². The van der Waals surface area contributed by atoms with Crippen molar-refractivity contribution in [2.75, 3.05) is 11.9 Å². The highest BCUT2D eigenvalue weighted by atomic mass is 32.1. The average Bonchev–Trinajstić information content (AvgIpc) is 3.27. The van der Waals surface area contributed by atoms with E-state index >= 15 is 0 Å². The molecule has 31 heavy (non-hydrogen) atoms. The number of anilines is 1. The Bertz CT molecular complexity index is 1030. The number of hydrogen-bond acceptors (Lipinski definition) is 4. The third kappa shape index (κ3) is 4.06. The molecule has 0 aliphatic carbocycles. The van der Waals surface area contributed by atoms with Crippen molar-refractivity contribution in [3.05, 3.63) is 51.1 Å². The average molecular weight is 456 g/mol. The van der Waals surface area contributed by atoms with Gasteiger partial charge in [-0.3, -0.25) is 9.59 Å². The van der Waals surface area contributed by atoms with Crippen LogP contribution in [0.15, 0.2) is 18.2 Å². The number of alkyl halides is 3.